The van der Waals surface area contributed by atoms with Crippen molar-refractivity contribution in [2.45, 2.75) is 17.7 Å². The molecule has 1 fully saturated rings. The maximum absolute atomic E-state index is 12.3. The molecule has 1 aliphatic rings. The zero-order valence-electron chi connectivity index (χ0n) is 12.3. The van der Waals surface area contributed by atoms with Crippen molar-refractivity contribution in [3.63, 3.8) is 0 Å². The molecule has 0 saturated carbocycles. The number of nitrogens with zero attached hydrogens (tertiary/aromatic N) is 1. The Labute approximate surface area is 135 Å². The number of likely N-dealkylation sites (tertiary alicyclic amines) is 1. The molecule has 0 atom stereocenters. The molecule has 1 aliphatic heterocycles. The van der Waals surface area contributed by atoms with Crippen LogP contribution in [0.5, 0.6) is 0 Å². The molecule has 22 heavy (non-hydrogen) atoms. The Hall–Kier alpha value is -1.15. The fourth-order valence-corrected chi connectivity index (χ4v) is 3.75. The number of hydrogen-bond acceptors (Lipinski definition) is 4. The highest BCUT2D eigenvalue weighted by Gasteiger charge is 2.22. The molecule has 0 radical (unpaired) electrons. The summed E-state index contributed by atoms with van der Waals surface area (Å²) in [5.74, 6) is -0.949. The third-order valence-electron chi connectivity index (χ3n) is 3.88. The van der Waals surface area contributed by atoms with E-state index in [1.807, 2.05) is 7.05 Å². The van der Waals surface area contributed by atoms with Gasteiger partial charge in [-0.2, -0.15) is 0 Å². The van der Waals surface area contributed by atoms with E-state index < -0.39 is 16.0 Å². The normalized spacial score (nSPS) is 17.5. The van der Waals surface area contributed by atoms with Gasteiger partial charge < -0.3 is 10.0 Å². The highest BCUT2D eigenvalue weighted by molar-refractivity contribution is 7.89. The molecule has 1 heterocycles. The zero-order chi connectivity index (χ0) is 16.3. The molecule has 1 aromatic rings. The molecule has 1 aromatic carbocycles. The molecule has 2 N–H and O–H groups in total. The first-order valence-corrected chi connectivity index (χ1v) is 8.87. The van der Waals surface area contributed by atoms with Crippen molar-refractivity contribution in [2.24, 2.45) is 5.92 Å². The van der Waals surface area contributed by atoms with Crippen LogP contribution in [0.25, 0.3) is 0 Å². The summed E-state index contributed by atoms with van der Waals surface area (Å²) in [5, 5.41) is 9.03. The maximum Gasteiger partial charge on any atom is 0.337 e. The van der Waals surface area contributed by atoms with Crippen LogP contribution in [0.3, 0.4) is 0 Å². The number of piperidine rings is 1. The Morgan fingerprint density at radius 1 is 1.41 bits per heavy atom. The van der Waals surface area contributed by atoms with Gasteiger partial charge in [0.15, 0.2) is 0 Å². The molecule has 6 nitrogen and oxygen atoms in total. The van der Waals surface area contributed by atoms with Gasteiger partial charge in [-0.15, -0.1) is 0 Å². The number of sulfonamides is 1. The van der Waals surface area contributed by atoms with E-state index in [-0.39, 0.29) is 15.5 Å². The van der Waals surface area contributed by atoms with Crippen LogP contribution >= 0.6 is 11.6 Å². The Morgan fingerprint density at radius 3 is 2.64 bits per heavy atom. The van der Waals surface area contributed by atoms with Gasteiger partial charge in [-0.05, 0) is 57.1 Å². The first kappa shape index (κ1) is 17.2. The number of rotatable bonds is 5. The first-order valence-electron chi connectivity index (χ1n) is 7.00. The first-order chi connectivity index (χ1) is 10.3. The van der Waals surface area contributed by atoms with Crippen molar-refractivity contribution >= 4 is 27.6 Å². The summed E-state index contributed by atoms with van der Waals surface area (Å²) in [7, 11) is -1.69. The van der Waals surface area contributed by atoms with Crippen LogP contribution in [0.1, 0.15) is 23.2 Å². The number of aromatic carboxylic acids is 1. The van der Waals surface area contributed by atoms with E-state index in [4.69, 9.17) is 16.7 Å². The van der Waals surface area contributed by atoms with Crippen LogP contribution in [0, 0.1) is 5.92 Å². The third-order valence-corrected chi connectivity index (χ3v) is 5.63. The predicted molar refractivity (Wildman–Crippen MR) is 83.8 cm³/mol. The number of halogens is 1. The highest BCUT2D eigenvalue weighted by Crippen LogP contribution is 2.21. The molecule has 122 valence electrons. The molecular formula is C14H19ClN2O4S. The van der Waals surface area contributed by atoms with Gasteiger partial charge in [0.05, 0.1) is 15.5 Å². The lowest BCUT2D eigenvalue weighted by atomic mass is 9.98. The smallest absolute Gasteiger partial charge is 0.337 e. The quantitative estimate of drug-likeness (QED) is 0.846. The van der Waals surface area contributed by atoms with Gasteiger partial charge in [0, 0.05) is 6.54 Å². The van der Waals surface area contributed by atoms with Crippen molar-refractivity contribution in [2.75, 3.05) is 26.7 Å². The highest BCUT2D eigenvalue weighted by atomic mass is 35.5. The SMILES string of the molecule is CN1CCC(CNS(=O)(=O)c2ccc(Cl)c(C(=O)O)c2)CC1. The summed E-state index contributed by atoms with van der Waals surface area (Å²) in [5.41, 5.74) is -0.219. The van der Waals surface area contributed by atoms with Crippen LogP contribution < -0.4 is 4.72 Å². The van der Waals surface area contributed by atoms with E-state index in [1.54, 1.807) is 0 Å². The van der Waals surface area contributed by atoms with Crippen molar-refractivity contribution in [3.8, 4) is 0 Å². The summed E-state index contributed by atoms with van der Waals surface area (Å²) in [6, 6.07) is 3.68. The van der Waals surface area contributed by atoms with Crippen molar-refractivity contribution in [1.82, 2.24) is 9.62 Å². The summed E-state index contributed by atoms with van der Waals surface area (Å²) in [6.07, 6.45) is 1.89. The van der Waals surface area contributed by atoms with Crippen molar-refractivity contribution in [1.29, 1.82) is 0 Å². The lowest BCUT2D eigenvalue weighted by molar-refractivity contribution is 0.0697. The number of carbonyl (C=O) groups is 1. The third kappa shape index (κ3) is 4.19. The number of carboxylic acids is 1. The number of benzene rings is 1. The van der Waals surface area contributed by atoms with Gasteiger partial charge in [-0.3, -0.25) is 0 Å². The lowest BCUT2D eigenvalue weighted by Gasteiger charge is -2.28. The fraction of sp³-hybridized carbons (Fsp3) is 0.500. The Morgan fingerprint density at radius 2 is 2.05 bits per heavy atom. The number of nitrogens with one attached hydrogen (secondary N) is 1. The minimum absolute atomic E-state index is 0.0155. The molecule has 0 aromatic heterocycles. The second-order valence-electron chi connectivity index (χ2n) is 5.55. The van der Waals surface area contributed by atoms with E-state index in [1.165, 1.54) is 12.1 Å². The summed E-state index contributed by atoms with van der Waals surface area (Å²) in [4.78, 5) is 13.2. The van der Waals surface area contributed by atoms with Crippen molar-refractivity contribution in [3.05, 3.63) is 28.8 Å². The number of hydrogen-bond donors (Lipinski definition) is 2. The van der Waals surface area contributed by atoms with E-state index in [2.05, 4.69) is 9.62 Å². The zero-order valence-corrected chi connectivity index (χ0v) is 13.8. The lowest BCUT2D eigenvalue weighted by Crippen LogP contribution is -2.36. The summed E-state index contributed by atoms with van der Waals surface area (Å²) >= 11 is 5.75. The molecule has 0 spiro atoms. The van der Waals surface area contributed by atoms with Crippen LogP contribution in [-0.4, -0.2) is 51.1 Å². The Kier molecular flexibility index (Phi) is 5.44. The molecule has 0 unspecified atom stereocenters. The van der Waals surface area contributed by atoms with E-state index in [0.29, 0.717) is 12.5 Å². The molecule has 0 bridgehead atoms. The second kappa shape index (κ2) is 6.95. The van der Waals surface area contributed by atoms with Crippen LogP contribution in [0.4, 0.5) is 0 Å². The molecule has 2 rings (SSSR count). The molecule has 0 aliphatic carbocycles. The molecule has 1 saturated heterocycles. The standard InChI is InChI=1S/C14H19ClN2O4S/c1-17-6-4-10(5-7-17)9-16-22(20,21)11-2-3-13(15)12(8-11)14(18)19/h2-3,8,10,16H,4-7,9H2,1H3,(H,18,19). The van der Waals surface area contributed by atoms with Crippen LogP contribution in [-0.2, 0) is 10.0 Å². The average Bonchev–Trinajstić information content (AvgIpc) is 2.46. The van der Waals surface area contributed by atoms with Crippen LogP contribution in [0.15, 0.2) is 23.1 Å². The van der Waals surface area contributed by atoms with Gasteiger partial charge in [-0.25, -0.2) is 17.9 Å². The van der Waals surface area contributed by atoms with Gasteiger partial charge in [0.1, 0.15) is 0 Å². The average molecular weight is 347 g/mol. The maximum atomic E-state index is 12.3. The molecular weight excluding hydrogens is 328 g/mol. The van der Waals surface area contributed by atoms with Gasteiger partial charge in [-0.1, -0.05) is 11.6 Å². The molecule has 8 heteroatoms. The van der Waals surface area contributed by atoms with Crippen molar-refractivity contribution < 1.29 is 18.3 Å². The predicted octanol–water partition coefficient (Wildman–Crippen LogP) is 1.66. The van der Waals surface area contributed by atoms with Crippen LogP contribution in [0.2, 0.25) is 5.02 Å². The summed E-state index contributed by atoms with van der Waals surface area (Å²) < 4.78 is 27.1. The Balaban J connectivity index is 2.07. The topological polar surface area (TPSA) is 86.7 Å². The second-order valence-corrected chi connectivity index (χ2v) is 7.72. The molecule has 0 amide bonds. The monoisotopic (exact) mass is 346 g/mol. The van der Waals surface area contributed by atoms with E-state index in [9.17, 15) is 13.2 Å². The van der Waals surface area contributed by atoms with Gasteiger partial charge in [0.2, 0.25) is 10.0 Å². The fourth-order valence-electron chi connectivity index (χ4n) is 2.41. The van der Waals surface area contributed by atoms with E-state index in [0.717, 1.165) is 32.0 Å². The van der Waals surface area contributed by atoms with Gasteiger partial charge >= 0.3 is 5.97 Å². The minimum atomic E-state index is -3.73. The largest absolute Gasteiger partial charge is 0.478 e. The minimum Gasteiger partial charge on any atom is -0.478 e. The van der Waals surface area contributed by atoms with Gasteiger partial charge in [0.25, 0.3) is 0 Å². The number of carboxylic acid groups (broad SMARTS) is 1. The Bertz CT molecular complexity index is 655. The van der Waals surface area contributed by atoms with E-state index >= 15 is 0 Å². The summed E-state index contributed by atoms with van der Waals surface area (Å²) in [6.45, 7) is 2.27.